The average molecular weight is 542 g/mol. The van der Waals surface area contributed by atoms with E-state index in [0.717, 1.165) is 52.5 Å². The molecule has 0 aliphatic carbocycles. The lowest BCUT2D eigenvalue weighted by atomic mass is 9.98. The molecule has 2 saturated heterocycles. The van der Waals surface area contributed by atoms with Crippen LogP contribution in [0.3, 0.4) is 0 Å². The molecule has 1 N–H and O–H groups in total. The molecule has 0 saturated carbocycles. The molecule has 2 aliphatic heterocycles. The maximum atomic E-state index is 6.94. The Morgan fingerprint density at radius 1 is 0.947 bits per heavy atom. The number of hydrogen-bond donors (Lipinski definition) is 1. The minimum absolute atomic E-state index is 0.119. The molecule has 7 heteroatoms. The van der Waals surface area contributed by atoms with Gasteiger partial charge in [-0.25, -0.2) is 0 Å². The third-order valence-corrected chi connectivity index (χ3v) is 8.44. The van der Waals surface area contributed by atoms with Gasteiger partial charge in [0.25, 0.3) is 0 Å². The van der Waals surface area contributed by atoms with Crippen molar-refractivity contribution in [3.05, 3.63) is 107 Å². The van der Waals surface area contributed by atoms with E-state index in [2.05, 4.69) is 100 Å². The first kappa shape index (κ1) is 25.0. The lowest BCUT2D eigenvalue weighted by molar-refractivity contribution is 0.438. The van der Waals surface area contributed by atoms with E-state index < -0.39 is 0 Å². The van der Waals surface area contributed by atoms with Crippen molar-refractivity contribution >= 4 is 40.3 Å². The SMILES string of the molecule is Cc1ccc(-n2cccc2[C@@H]2[C@H](c3ccccn3)NC(=S)N2c2ccc(N3CCC(C)CC3)c(Cl)c2)cc1. The van der Waals surface area contributed by atoms with Gasteiger partial charge in [0.1, 0.15) is 6.04 Å². The Hall–Kier alpha value is -3.35. The number of hydrogen-bond acceptors (Lipinski definition) is 3. The van der Waals surface area contributed by atoms with E-state index in [-0.39, 0.29) is 12.1 Å². The summed E-state index contributed by atoms with van der Waals surface area (Å²) >= 11 is 12.9. The molecule has 2 fully saturated rings. The van der Waals surface area contributed by atoms with E-state index in [0.29, 0.717) is 5.11 Å². The Morgan fingerprint density at radius 2 is 1.71 bits per heavy atom. The summed E-state index contributed by atoms with van der Waals surface area (Å²) in [7, 11) is 0. The van der Waals surface area contributed by atoms with Gasteiger partial charge in [-0.1, -0.05) is 42.3 Å². The highest BCUT2D eigenvalue weighted by Gasteiger charge is 2.42. The molecule has 2 aromatic carbocycles. The summed E-state index contributed by atoms with van der Waals surface area (Å²) in [6.07, 6.45) is 6.34. The van der Waals surface area contributed by atoms with Gasteiger partial charge in [-0.15, -0.1) is 0 Å². The maximum absolute atomic E-state index is 6.94. The molecule has 0 spiro atoms. The molecule has 2 aliphatic rings. The molecular weight excluding hydrogens is 510 g/mol. The quantitative estimate of drug-likeness (QED) is 0.269. The minimum atomic E-state index is -0.121. The van der Waals surface area contributed by atoms with Crippen molar-refractivity contribution in [1.82, 2.24) is 14.9 Å². The first-order chi connectivity index (χ1) is 18.5. The number of halogens is 1. The average Bonchev–Trinajstić information content (AvgIpc) is 3.54. The minimum Gasteiger partial charge on any atom is -0.370 e. The first-order valence-corrected chi connectivity index (χ1v) is 14.1. The summed E-state index contributed by atoms with van der Waals surface area (Å²) in [5.74, 6) is 0.770. The van der Waals surface area contributed by atoms with Crippen LogP contribution >= 0.6 is 23.8 Å². The van der Waals surface area contributed by atoms with Crippen LogP contribution in [-0.4, -0.2) is 27.8 Å². The fourth-order valence-electron chi connectivity index (χ4n) is 5.66. The van der Waals surface area contributed by atoms with Gasteiger partial charge in [-0.3, -0.25) is 4.98 Å². The Labute approximate surface area is 235 Å². The van der Waals surface area contributed by atoms with Crippen LogP contribution in [0.4, 0.5) is 11.4 Å². The van der Waals surface area contributed by atoms with Crippen LogP contribution in [0.5, 0.6) is 0 Å². The second kappa shape index (κ2) is 10.4. The number of anilines is 2. The number of nitrogens with one attached hydrogen (secondary N) is 1. The zero-order valence-corrected chi connectivity index (χ0v) is 23.3. The van der Waals surface area contributed by atoms with E-state index in [4.69, 9.17) is 28.8 Å². The van der Waals surface area contributed by atoms with E-state index >= 15 is 0 Å². The van der Waals surface area contributed by atoms with Crippen LogP contribution in [-0.2, 0) is 0 Å². The summed E-state index contributed by atoms with van der Waals surface area (Å²) in [6.45, 7) is 6.51. The number of rotatable bonds is 5. The van der Waals surface area contributed by atoms with Crippen molar-refractivity contribution in [3.63, 3.8) is 0 Å². The van der Waals surface area contributed by atoms with Gasteiger partial charge in [-0.05, 0) is 92.5 Å². The van der Waals surface area contributed by atoms with Crippen molar-refractivity contribution in [1.29, 1.82) is 0 Å². The maximum Gasteiger partial charge on any atom is 0.174 e. The van der Waals surface area contributed by atoms with Gasteiger partial charge in [0.05, 0.1) is 22.4 Å². The molecular formula is C31H32ClN5S. The largest absolute Gasteiger partial charge is 0.370 e. The topological polar surface area (TPSA) is 36.3 Å². The molecule has 0 unspecified atom stereocenters. The van der Waals surface area contributed by atoms with Crippen LogP contribution in [0.2, 0.25) is 5.02 Å². The monoisotopic (exact) mass is 541 g/mol. The highest BCUT2D eigenvalue weighted by molar-refractivity contribution is 7.80. The highest BCUT2D eigenvalue weighted by atomic mass is 35.5. The number of aryl methyl sites for hydroxylation is 1. The molecule has 5 nitrogen and oxygen atoms in total. The smallest absolute Gasteiger partial charge is 0.174 e. The Kier molecular flexibility index (Phi) is 6.85. The standard InChI is InChI=1S/C31H32ClN5S/c1-21-8-10-23(11-9-21)36-17-5-7-28(36)30-29(26-6-3-4-16-33-26)34-31(38)37(30)24-12-13-27(25(32)20-24)35-18-14-22(2)15-19-35/h3-13,16-17,20,22,29-30H,14-15,18-19H2,1-2H3,(H,34,38)/t29-,30+/m0/s1. The molecule has 38 heavy (non-hydrogen) atoms. The number of thiocarbonyl (C=S) groups is 1. The fraction of sp³-hybridized carbons (Fsp3) is 0.290. The van der Waals surface area contributed by atoms with Crippen molar-refractivity contribution < 1.29 is 0 Å². The number of piperidine rings is 1. The van der Waals surface area contributed by atoms with Crippen molar-refractivity contribution in [2.75, 3.05) is 22.9 Å². The van der Waals surface area contributed by atoms with Crippen LogP contribution in [0.25, 0.3) is 5.69 Å². The summed E-state index contributed by atoms with van der Waals surface area (Å²) in [6, 6.07) is 25.0. The number of benzene rings is 2. The lowest BCUT2D eigenvalue weighted by Crippen LogP contribution is -2.33. The third kappa shape index (κ3) is 4.67. The van der Waals surface area contributed by atoms with E-state index in [1.807, 2.05) is 18.3 Å². The second-order valence-corrected chi connectivity index (χ2v) is 11.2. The number of aromatic nitrogens is 2. The molecule has 4 aromatic rings. The molecule has 0 radical (unpaired) electrons. The predicted molar refractivity (Wildman–Crippen MR) is 161 cm³/mol. The Morgan fingerprint density at radius 3 is 2.42 bits per heavy atom. The summed E-state index contributed by atoms with van der Waals surface area (Å²) < 4.78 is 2.24. The van der Waals surface area contributed by atoms with Crippen LogP contribution in [0, 0.1) is 12.8 Å². The van der Waals surface area contributed by atoms with E-state index in [1.54, 1.807) is 0 Å². The molecule has 194 valence electrons. The third-order valence-electron chi connectivity index (χ3n) is 7.83. The highest BCUT2D eigenvalue weighted by Crippen LogP contribution is 2.44. The Balaban J connectivity index is 1.42. The first-order valence-electron chi connectivity index (χ1n) is 13.3. The van der Waals surface area contributed by atoms with Crippen LogP contribution in [0.15, 0.2) is 85.2 Å². The second-order valence-electron chi connectivity index (χ2n) is 10.4. The molecule has 2 atom stereocenters. The normalized spacial score (nSPS) is 20.1. The van der Waals surface area contributed by atoms with Gasteiger partial charge in [-0.2, -0.15) is 0 Å². The molecule has 4 heterocycles. The van der Waals surface area contributed by atoms with Gasteiger partial charge in [0.2, 0.25) is 0 Å². The summed E-state index contributed by atoms with van der Waals surface area (Å²) in [5.41, 5.74) is 6.49. The van der Waals surface area contributed by atoms with Crippen LogP contribution in [0.1, 0.15) is 48.8 Å². The summed E-state index contributed by atoms with van der Waals surface area (Å²) in [5, 5.41) is 5.00. The zero-order chi connectivity index (χ0) is 26.2. The number of pyridine rings is 1. The Bertz CT molecular complexity index is 1430. The molecule has 6 rings (SSSR count). The molecule has 2 aromatic heterocycles. The predicted octanol–water partition coefficient (Wildman–Crippen LogP) is 7.25. The van der Waals surface area contributed by atoms with Crippen molar-refractivity contribution in [3.8, 4) is 5.69 Å². The summed E-state index contributed by atoms with van der Waals surface area (Å²) in [4.78, 5) is 9.31. The lowest BCUT2D eigenvalue weighted by Gasteiger charge is -2.33. The van der Waals surface area contributed by atoms with E-state index in [9.17, 15) is 0 Å². The molecule has 0 bridgehead atoms. The van der Waals surface area contributed by atoms with Gasteiger partial charge in [0.15, 0.2) is 5.11 Å². The zero-order valence-electron chi connectivity index (χ0n) is 21.7. The van der Waals surface area contributed by atoms with Gasteiger partial charge < -0.3 is 19.7 Å². The van der Waals surface area contributed by atoms with Crippen LogP contribution < -0.4 is 15.1 Å². The van der Waals surface area contributed by atoms with Gasteiger partial charge >= 0.3 is 0 Å². The number of nitrogens with zero attached hydrogens (tertiary/aromatic N) is 4. The fourth-order valence-corrected chi connectivity index (χ4v) is 6.30. The van der Waals surface area contributed by atoms with Crippen molar-refractivity contribution in [2.45, 2.75) is 38.8 Å². The van der Waals surface area contributed by atoms with Crippen molar-refractivity contribution in [2.24, 2.45) is 5.92 Å². The van der Waals surface area contributed by atoms with E-state index in [1.165, 1.54) is 18.4 Å². The van der Waals surface area contributed by atoms with Gasteiger partial charge in [0, 0.05) is 42.6 Å². The molecule has 0 amide bonds.